The minimum atomic E-state index is -1.46. The fourth-order valence-corrected chi connectivity index (χ4v) is 5.41. The Hall–Kier alpha value is -3.32. The fraction of sp³-hybridized carbons (Fsp3) is 0.407. The predicted molar refractivity (Wildman–Crippen MR) is 134 cm³/mol. The number of carbonyl (C=O) groups is 1. The number of hydrogen-bond acceptors (Lipinski definition) is 3. The van der Waals surface area contributed by atoms with Crippen LogP contribution in [-0.2, 0) is 16.9 Å². The summed E-state index contributed by atoms with van der Waals surface area (Å²) in [6.45, 7) is 2.75. The van der Waals surface area contributed by atoms with Crippen LogP contribution >= 0.6 is 0 Å². The zero-order chi connectivity index (χ0) is 23.5. The number of benzene rings is 2. The Kier molecular flexibility index (Phi) is 6.28. The van der Waals surface area contributed by atoms with Crippen molar-refractivity contribution in [1.82, 2.24) is 14.8 Å². The molecule has 1 saturated carbocycles. The molecule has 2 aromatic carbocycles. The van der Waals surface area contributed by atoms with Crippen LogP contribution in [0.2, 0.25) is 0 Å². The topological polar surface area (TPSA) is 98.0 Å². The van der Waals surface area contributed by atoms with E-state index in [1.807, 2.05) is 47.5 Å². The first-order valence-electron chi connectivity index (χ1n) is 12.2. The summed E-state index contributed by atoms with van der Waals surface area (Å²) in [5.74, 6) is 0.275. The van der Waals surface area contributed by atoms with Gasteiger partial charge in [-0.3, -0.25) is 4.79 Å². The van der Waals surface area contributed by atoms with E-state index in [1.54, 1.807) is 4.90 Å². The van der Waals surface area contributed by atoms with E-state index in [1.165, 1.54) is 5.39 Å². The molecule has 34 heavy (non-hydrogen) atoms. The molecule has 178 valence electrons. The average Bonchev–Trinajstić information content (AvgIpc) is 3.59. The highest BCUT2D eigenvalue weighted by molar-refractivity contribution is 5.87. The smallest absolute Gasteiger partial charge is 0.259 e. The monoisotopic (exact) mass is 459 g/mol. The van der Waals surface area contributed by atoms with Gasteiger partial charge >= 0.3 is 0 Å². The summed E-state index contributed by atoms with van der Waals surface area (Å²) in [6, 6.07) is 17.7. The molecular formula is C27H33N5O2. The molecule has 0 bridgehead atoms. The van der Waals surface area contributed by atoms with Gasteiger partial charge in [-0.25, -0.2) is 4.99 Å². The quantitative estimate of drug-likeness (QED) is 0.403. The number of aromatic nitrogens is 1. The van der Waals surface area contributed by atoms with Crippen molar-refractivity contribution in [2.45, 2.75) is 37.8 Å². The number of nitrogens with one attached hydrogen (secondary N) is 1. The van der Waals surface area contributed by atoms with Gasteiger partial charge in [0.1, 0.15) is 0 Å². The Morgan fingerprint density at radius 2 is 1.74 bits per heavy atom. The van der Waals surface area contributed by atoms with Crippen LogP contribution in [0.25, 0.3) is 10.9 Å². The second kappa shape index (κ2) is 9.50. The van der Waals surface area contributed by atoms with Crippen LogP contribution in [0.1, 0.15) is 36.8 Å². The maximum atomic E-state index is 13.7. The van der Waals surface area contributed by atoms with Gasteiger partial charge in [-0.05, 0) is 41.5 Å². The summed E-state index contributed by atoms with van der Waals surface area (Å²) in [5, 5.41) is 13.0. The molecule has 1 atom stereocenters. The number of fused-ring (bicyclic) bond motifs is 1. The lowest BCUT2D eigenvalue weighted by atomic mass is 9.79. The zero-order valence-corrected chi connectivity index (χ0v) is 19.5. The zero-order valence-electron chi connectivity index (χ0n) is 19.5. The Balaban J connectivity index is 1.24. The molecule has 1 aromatic heterocycles. The number of aromatic amines is 1. The van der Waals surface area contributed by atoms with Crippen molar-refractivity contribution in [1.29, 1.82) is 0 Å². The number of rotatable bonds is 5. The molecular weight excluding hydrogens is 426 g/mol. The van der Waals surface area contributed by atoms with Crippen molar-refractivity contribution >= 4 is 22.8 Å². The Labute approximate surface area is 200 Å². The third-order valence-electron chi connectivity index (χ3n) is 7.42. The van der Waals surface area contributed by atoms with Gasteiger partial charge in [0.2, 0.25) is 0 Å². The molecule has 1 aliphatic heterocycles. The summed E-state index contributed by atoms with van der Waals surface area (Å²) >= 11 is 0. The molecule has 7 nitrogen and oxygen atoms in total. The second-order valence-electron chi connectivity index (χ2n) is 9.47. The molecule has 5 rings (SSSR count). The maximum Gasteiger partial charge on any atom is 0.259 e. The highest BCUT2D eigenvalue weighted by atomic mass is 16.3. The van der Waals surface area contributed by atoms with Crippen molar-refractivity contribution in [2.75, 3.05) is 26.2 Å². The SMILES string of the molecule is NC(=NCc1ccc2cc[nH]c2c1)N1CCN(C(=O)C(O)(c2ccccc2)C2CCCC2)CC1. The number of aliphatic hydroxyl groups is 1. The van der Waals surface area contributed by atoms with E-state index in [0.717, 1.165) is 36.8 Å². The molecule has 1 unspecified atom stereocenters. The highest BCUT2D eigenvalue weighted by Crippen LogP contribution is 2.42. The van der Waals surface area contributed by atoms with E-state index >= 15 is 0 Å². The number of amides is 1. The van der Waals surface area contributed by atoms with Gasteiger partial charge in [0.15, 0.2) is 11.6 Å². The van der Waals surface area contributed by atoms with Gasteiger partial charge in [-0.1, -0.05) is 55.3 Å². The first kappa shape index (κ1) is 22.5. The maximum absolute atomic E-state index is 13.7. The van der Waals surface area contributed by atoms with Crippen LogP contribution in [0.3, 0.4) is 0 Å². The summed E-state index contributed by atoms with van der Waals surface area (Å²) < 4.78 is 0. The third-order valence-corrected chi connectivity index (χ3v) is 7.42. The van der Waals surface area contributed by atoms with Crippen molar-refractivity contribution in [3.05, 3.63) is 71.9 Å². The van der Waals surface area contributed by atoms with Crippen molar-refractivity contribution < 1.29 is 9.90 Å². The summed E-state index contributed by atoms with van der Waals surface area (Å²) in [5.41, 5.74) is 7.73. The van der Waals surface area contributed by atoms with E-state index < -0.39 is 5.60 Å². The number of aliphatic imine (C=N–C) groups is 1. The van der Waals surface area contributed by atoms with Crippen LogP contribution in [0.4, 0.5) is 0 Å². The van der Waals surface area contributed by atoms with E-state index in [9.17, 15) is 9.90 Å². The van der Waals surface area contributed by atoms with E-state index in [4.69, 9.17) is 5.73 Å². The minimum absolute atomic E-state index is 0.0379. The predicted octanol–water partition coefficient (Wildman–Crippen LogP) is 3.20. The Morgan fingerprint density at radius 1 is 1.03 bits per heavy atom. The van der Waals surface area contributed by atoms with Crippen LogP contribution in [0, 0.1) is 5.92 Å². The first-order chi connectivity index (χ1) is 16.6. The molecule has 1 aliphatic carbocycles. The van der Waals surface area contributed by atoms with E-state index in [2.05, 4.69) is 28.2 Å². The molecule has 2 fully saturated rings. The normalized spacial score (nSPS) is 19.5. The molecule has 2 heterocycles. The van der Waals surface area contributed by atoms with Crippen molar-refractivity contribution in [2.24, 2.45) is 16.6 Å². The van der Waals surface area contributed by atoms with Crippen LogP contribution in [-0.4, -0.2) is 57.9 Å². The number of nitrogens with zero attached hydrogens (tertiary/aromatic N) is 3. The van der Waals surface area contributed by atoms with Gasteiger partial charge in [-0.2, -0.15) is 0 Å². The van der Waals surface area contributed by atoms with Gasteiger partial charge < -0.3 is 25.6 Å². The Morgan fingerprint density at radius 3 is 2.47 bits per heavy atom. The second-order valence-corrected chi connectivity index (χ2v) is 9.47. The summed E-state index contributed by atoms with van der Waals surface area (Å²) in [4.78, 5) is 25.3. The van der Waals surface area contributed by atoms with Crippen molar-refractivity contribution in [3.63, 3.8) is 0 Å². The largest absolute Gasteiger partial charge is 0.375 e. The molecule has 3 aromatic rings. The molecule has 7 heteroatoms. The highest BCUT2D eigenvalue weighted by Gasteiger charge is 2.48. The first-order valence-corrected chi connectivity index (χ1v) is 12.2. The molecule has 2 aliphatic rings. The number of nitrogens with two attached hydrogens (primary N) is 1. The van der Waals surface area contributed by atoms with Crippen LogP contribution in [0.5, 0.6) is 0 Å². The molecule has 0 radical (unpaired) electrons. The number of piperazine rings is 1. The number of H-pyrrole nitrogens is 1. The van der Waals surface area contributed by atoms with E-state index in [0.29, 0.717) is 44.2 Å². The van der Waals surface area contributed by atoms with Crippen molar-refractivity contribution in [3.8, 4) is 0 Å². The standard InChI is InChI=1S/C27H33N5O2/c28-26(30-19-20-10-11-21-12-13-29-24(21)18-20)32-16-14-31(15-17-32)25(33)27(34,23-8-4-5-9-23)22-6-2-1-3-7-22/h1-3,6-7,10-13,18,23,29,34H,4-5,8-9,14-17,19H2,(H2,28,30). The van der Waals surface area contributed by atoms with E-state index in [-0.39, 0.29) is 11.8 Å². The molecule has 0 spiro atoms. The third kappa shape index (κ3) is 4.28. The Bertz CT molecular complexity index is 1160. The van der Waals surface area contributed by atoms with Crippen LogP contribution in [0.15, 0.2) is 65.8 Å². The summed E-state index contributed by atoms with van der Waals surface area (Å²) in [6.07, 6.45) is 5.81. The minimum Gasteiger partial charge on any atom is -0.375 e. The molecule has 1 amide bonds. The lowest BCUT2D eigenvalue weighted by Crippen LogP contribution is -2.58. The summed E-state index contributed by atoms with van der Waals surface area (Å²) in [7, 11) is 0. The number of hydrogen-bond donors (Lipinski definition) is 3. The van der Waals surface area contributed by atoms with Gasteiger partial charge in [0.25, 0.3) is 5.91 Å². The molecule has 1 saturated heterocycles. The van der Waals surface area contributed by atoms with Gasteiger partial charge in [0.05, 0.1) is 6.54 Å². The number of guanidine groups is 1. The lowest BCUT2D eigenvalue weighted by Gasteiger charge is -2.41. The number of carbonyl (C=O) groups excluding carboxylic acids is 1. The lowest BCUT2D eigenvalue weighted by molar-refractivity contribution is -0.160. The van der Waals surface area contributed by atoms with Gasteiger partial charge in [0, 0.05) is 43.8 Å². The average molecular weight is 460 g/mol. The van der Waals surface area contributed by atoms with Gasteiger partial charge in [-0.15, -0.1) is 0 Å². The molecule has 4 N–H and O–H groups in total. The van der Waals surface area contributed by atoms with Crippen LogP contribution < -0.4 is 5.73 Å². The fourth-order valence-electron chi connectivity index (χ4n) is 5.41.